The molecule has 0 unspecified atom stereocenters. The monoisotopic (exact) mass is 214 g/mol. The molecule has 3 atom stereocenters. The van der Waals surface area contributed by atoms with Crippen LogP contribution in [0.15, 0.2) is 0 Å². The van der Waals surface area contributed by atoms with Crippen LogP contribution in [-0.2, 0) is 14.3 Å². The normalized spacial score (nSPS) is 28.6. The minimum absolute atomic E-state index is 0.00891. The van der Waals surface area contributed by atoms with Gasteiger partial charge in [0.2, 0.25) is 6.29 Å². The van der Waals surface area contributed by atoms with Gasteiger partial charge in [-0.15, -0.1) is 0 Å². The van der Waals surface area contributed by atoms with Crippen LogP contribution in [0.4, 0.5) is 0 Å². The summed E-state index contributed by atoms with van der Waals surface area (Å²) in [5, 5.41) is 0. The number of carbonyl (C=O) groups is 1. The second-order valence-electron chi connectivity index (χ2n) is 4.55. The smallest absolute Gasteiger partial charge is 0.310 e. The Balaban J connectivity index is 2.27. The van der Waals surface area contributed by atoms with E-state index in [0.717, 1.165) is 6.42 Å². The van der Waals surface area contributed by atoms with E-state index >= 15 is 0 Å². The minimum Gasteiger partial charge on any atom is -0.436 e. The lowest BCUT2D eigenvalue weighted by Gasteiger charge is -2.29. The molecule has 0 radical (unpaired) electrons. The Labute approximate surface area is 92.1 Å². The molecule has 1 aliphatic rings. The maximum Gasteiger partial charge on any atom is 0.310 e. The summed E-state index contributed by atoms with van der Waals surface area (Å²) in [5.74, 6) is 0.439. The number of rotatable bonds is 5. The third-order valence-electron chi connectivity index (χ3n) is 2.75. The zero-order valence-corrected chi connectivity index (χ0v) is 9.99. The van der Waals surface area contributed by atoms with Gasteiger partial charge >= 0.3 is 5.97 Å². The molecule has 0 aliphatic carbocycles. The minimum atomic E-state index is -0.312. The number of esters is 1. The first-order valence-corrected chi connectivity index (χ1v) is 5.96. The first-order chi connectivity index (χ1) is 7.11. The summed E-state index contributed by atoms with van der Waals surface area (Å²) >= 11 is 0. The Morgan fingerprint density at radius 1 is 1.53 bits per heavy atom. The number of carbonyl (C=O) groups excluding carboxylic acids is 1. The SMILES string of the molecule is CCCC[C@H](C)C[C@H]1OC(=O)C[C@@H](C)O1. The number of unbranched alkanes of at least 4 members (excludes halogenated alkanes) is 1. The van der Waals surface area contributed by atoms with Gasteiger partial charge in [-0.3, -0.25) is 4.79 Å². The van der Waals surface area contributed by atoms with E-state index in [1.165, 1.54) is 19.3 Å². The molecule has 3 nitrogen and oxygen atoms in total. The molecule has 1 heterocycles. The Kier molecular flexibility index (Phi) is 5.09. The molecule has 0 spiro atoms. The molecule has 0 aromatic rings. The van der Waals surface area contributed by atoms with Crippen LogP contribution in [0.3, 0.4) is 0 Å². The van der Waals surface area contributed by atoms with Gasteiger partial charge in [-0.2, -0.15) is 0 Å². The third-order valence-corrected chi connectivity index (χ3v) is 2.75. The lowest BCUT2D eigenvalue weighted by Crippen LogP contribution is -2.34. The fraction of sp³-hybridized carbons (Fsp3) is 0.917. The Hall–Kier alpha value is -0.570. The van der Waals surface area contributed by atoms with E-state index in [4.69, 9.17) is 9.47 Å². The summed E-state index contributed by atoms with van der Waals surface area (Å²) in [4.78, 5) is 11.2. The molecular formula is C12H22O3. The molecule has 0 N–H and O–H groups in total. The number of hydrogen-bond acceptors (Lipinski definition) is 3. The van der Waals surface area contributed by atoms with Crippen molar-refractivity contribution >= 4 is 5.97 Å². The van der Waals surface area contributed by atoms with Gasteiger partial charge in [0.05, 0.1) is 12.5 Å². The average molecular weight is 214 g/mol. The zero-order chi connectivity index (χ0) is 11.3. The van der Waals surface area contributed by atoms with Gasteiger partial charge in [0.15, 0.2) is 0 Å². The average Bonchev–Trinajstić information content (AvgIpc) is 2.13. The highest BCUT2D eigenvalue weighted by Crippen LogP contribution is 2.22. The van der Waals surface area contributed by atoms with Crippen molar-refractivity contribution in [2.75, 3.05) is 0 Å². The Morgan fingerprint density at radius 3 is 2.87 bits per heavy atom. The molecule has 0 bridgehead atoms. The van der Waals surface area contributed by atoms with E-state index in [-0.39, 0.29) is 18.4 Å². The van der Waals surface area contributed by atoms with Crippen molar-refractivity contribution in [1.82, 2.24) is 0 Å². The zero-order valence-electron chi connectivity index (χ0n) is 9.99. The van der Waals surface area contributed by atoms with Gasteiger partial charge in [0, 0.05) is 6.42 Å². The van der Waals surface area contributed by atoms with Crippen LogP contribution < -0.4 is 0 Å². The predicted octanol–water partition coefficient (Wildman–Crippen LogP) is 2.88. The van der Waals surface area contributed by atoms with Crippen LogP contribution in [0.2, 0.25) is 0 Å². The van der Waals surface area contributed by atoms with Crippen LogP contribution in [-0.4, -0.2) is 18.4 Å². The second kappa shape index (κ2) is 6.11. The number of hydrogen-bond donors (Lipinski definition) is 0. The van der Waals surface area contributed by atoms with Crippen molar-refractivity contribution in [1.29, 1.82) is 0 Å². The number of cyclic esters (lactones) is 1. The van der Waals surface area contributed by atoms with Crippen molar-refractivity contribution in [3.05, 3.63) is 0 Å². The highest BCUT2D eigenvalue weighted by atomic mass is 16.7. The lowest BCUT2D eigenvalue weighted by molar-refractivity contribution is -0.216. The molecule has 0 aromatic carbocycles. The quantitative estimate of drug-likeness (QED) is 0.660. The summed E-state index contributed by atoms with van der Waals surface area (Å²) in [5.41, 5.74) is 0. The van der Waals surface area contributed by atoms with E-state index in [1.54, 1.807) is 0 Å². The van der Waals surface area contributed by atoms with E-state index in [1.807, 2.05) is 6.92 Å². The molecule has 1 fully saturated rings. The van der Waals surface area contributed by atoms with Crippen molar-refractivity contribution < 1.29 is 14.3 Å². The molecule has 0 saturated carbocycles. The molecule has 1 aliphatic heterocycles. The fourth-order valence-corrected chi connectivity index (χ4v) is 1.87. The van der Waals surface area contributed by atoms with Crippen LogP contribution in [0.1, 0.15) is 52.9 Å². The van der Waals surface area contributed by atoms with Crippen LogP contribution in [0.25, 0.3) is 0 Å². The largest absolute Gasteiger partial charge is 0.436 e. The predicted molar refractivity (Wildman–Crippen MR) is 58.4 cm³/mol. The number of ether oxygens (including phenoxy) is 2. The molecule has 0 aromatic heterocycles. The standard InChI is InChI=1S/C12H22O3/c1-4-5-6-9(2)7-12-14-10(3)8-11(13)15-12/h9-10,12H,4-8H2,1-3H3/t9-,10+,12+/m0/s1. The van der Waals surface area contributed by atoms with Crippen molar-refractivity contribution in [2.24, 2.45) is 5.92 Å². The highest BCUT2D eigenvalue weighted by molar-refractivity contribution is 5.70. The maximum absolute atomic E-state index is 11.2. The Morgan fingerprint density at radius 2 is 2.27 bits per heavy atom. The molecule has 15 heavy (non-hydrogen) atoms. The summed E-state index contributed by atoms with van der Waals surface area (Å²) in [6.07, 6.45) is 4.55. The summed E-state index contributed by atoms with van der Waals surface area (Å²) in [6.45, 7) is 6.29. The summed E-state index contributed by atoms with van der Waals surface area (Å²) < 4.78 is 10.7. The topological polar surface area (TPSA) is 35.5 Å². The molecule has 1 rings (SSSR count). The maximum atomic E-state index is 11.2. The highest BCUT2D eigenvalue weighted by Gasteiger charge is 2.27. The third kappa shape index (κ3) is 4.65. The van der Waals surface area contributed by atoms with Gasteiger partial charge in [-0.05, 0) is 12.8 Å². The molecule has 3 heteroatoms. The van der Waals surface area contributed by atoms with Gasteiger partial charge in [0.25, 0.3) is 0 Å². The van der Waals surface area contributed by atoms with Gasteiger partial charge in [0.1, 0.15) is 0 Å². The molecule has 0 amide bonds. The van der Waals surface area contributed by atoms with Crippen molar-refractivity contribution in [2.45, 2.75) is 65.3 Å². The summed E-state index contributed by atoms with van der Waals surface area (Å²) in [7, 11) is 0. The summed E-state index contributed by atoms with van der Waals surface area (Å²) in [6, 6.07) is 0. The Bertz CT molecular complexity index is 203. The fourth-order valence-electron chi connectivity index (χ4n) is 1.87. The van der Waals surface area contributed by atoms with Crippen LogP contribution in [0, 0.1) is 5.92 Å². The molecule has 88 valence electrons. The van der Waals surface area contributed by atoms with Gasteiger partial charge in [-0.25, -0.2) is 0 Å². The van der Waals surface area contributed by atoms with Crippen molar-refractivity contribution in [3.63, 3.8) is 0 Å². The van der Waals surface area contributed by atoms with Gasteiger partial charge < -0.3 is 9.47 Å². The second-order valence-corrected chi connectivity index (χ2v) is 4.55. The van der Waals surface area contributed by atoms with Crippen molar-refractivity contribution in [3.8, 4) is 0 Å². The molecular weight excluding hydrogens is 192 g/mol. The first-order valence-electron chi connectivity index (χ1n) is 5.96. The van der Waals surface area contributed by atoms with E-state index in [0.29, 0.717) is 12.3 Å². The first kappa shape index (κ1) is 12.5. The lowest BCUT2D eigenvalue weighted by atomic mass is 10.0. The van der Waals surface area contributed by atoms with E-state index < -0.39 is 0 Å². The van der Waals surface area contributed by atoms with E-state index in [9.17, 15) is 4.79 Å². The molecule has 1 saturated heterocycles. The van der Waals surface area contributed by atoms with Gasteiger partial charge in [-0.1, -0.05) is 33.1 Å². The van der Waals surface area contributed by atoms with Crippen LogP contribution in [0.5, 0.6) is 0 Å². The van der Waals surface area contributed by atoms with Crippen LogP contribution >= 0.6 is 0 Å². The van der Waals surface area contributed by atoms with E-state index in [2.05, 4.69) is 13.8 Å².